The molecule has 18 heavy (non-hydrogen) atoms. The molecule has 102 valence electrons. The van der Waals surface area contributed by atoms with Gasteiger partial charge in [-0.2, -0.15) is 0 Å². The standard InChI is InChI=1S/C13H21NO4/c1-5-17-11(15)7-6-10-8-14(9-10)12(16)18-13(2,3)4/h6-7,10H,5,8-9H2,1-4H3. The van der Waals surface area contributed by atoms with Crippen LogP contribution in [0.4, 0.5) is 4.79 Å². The molecule has 0 aromatic carbocycles. The number of nitrogens with zero attached hydrogens (tertiary/aromatic N) is 1. The highest BCUT2D eigenvalue weighted by molar-refractivity contribution is 5.82. The molecule has 1 aliphatic heterocycles. The van der Waals surface area contributed by atoms with E-state index in [0.29, 0.717) is 19.7 Å². The number of carbonyl (C=O) groups is 2. The van der Waals surface area contributed by atoms with Crippen LogP contribution >= 0.6 is 0 Å². The molecule has 0 aliphatic carbocycles. The van der Waals surface area contributed by atoms with Crippen molar-refractivity contribution in [1.29, 1.82) is 0 Å². The fraction of sp³-hybridized carbons (Fsp3) is 0.692. The maximum absolute atomic E-state index is 11.6. The molecule has 1 amide bonds. The zero-order chi connectivity index (χ0) is 13.8. The van der Waals surface area contributed by atoms with E-state index in [1.807, 2.05) is 20.8 Å². The molecule has 0 N–H and O–H groups in total. The lowest BCUT2D eigenvalue weighted by Gasteiger charge is -2.38. The molecular formula is C13H21NO4. The second kappa shape index (κ2) is 5.89. The Labute approximate surface area is 108 Å². The maximum Gasteiger partial charge on any atom is 0.410 e. The minimum atomic E-state index is -0.469. The van der Waals surface area contributed by atoms with E-state index in [0.717, 1.165) is 0 Å². The first-order valence-corrected chi connectivity index (χ1v) is 6.14. The largest absolute Gasteiger partial charge is 0.463 e. The summed E-state index contributed by atoms with van der Waals surface area (Å²) in [4.78, 5) is 24.3. The summed E-state index contributed by atoms with van der Waals surface area (Å²) in [6.07, 6.45) is 2.89. The predicted molar refractivity (Wildman–Crippen MR) is 67.1 cm³/mol. The lowest BCUT2D eigenvalue weighted by atomic mass is 10.0. The van der Waals surface area contributed by atoms with Gasteiger partial charge in [-0.25, -0.2) is 9.59 Å². The van der Waals surface area contributed by atoms with Crippen molar-refractivity contribution < 1.29 is 19.1 Å². The van der Waals surface area contributed by atoms with E-state index in [4.69, 9.17) is 9.47 Å². The number of amides is 1. The zero-order valence-corrected chi connectivity index (χ0v) is 11.4. The van der Waals surface area contributed by atoms with E-state index in [-0.39, 0.29) is 18.0 Å². The fourth-order valence-corrected chi connectivity index (χ4v) is 1.51. The summed E-state index contributed by atoms with van der Waals surface area (Å²) in [7, 11) is 0. The zero-order valence-electron chi connectivity index (χ0n) is 11.4. The summed E-state index contributed by atoms with van der Waals surface area (Å²) in [5.41, 5.74) is -0.469. The minimum absolute atomic E-state index is 0.210. The second-order valence-corrected chi connectivity index (χ2v) is 5.26. The number of ether oxygens (including phenoxy) is 2. The molecule has 0 saturated carbocycles. The van der Waals surface area contributed by atoms with Crippen molar-refractivity contribution in [3.8, 4) is 0 Å². The first-order valence-electron chi connectivity index (χ1n) is 6.14. The van der Waals surface area contributed by atoms with Crippen molar-refractivity contribution in [1.82, 2.24) is 4.90 Å². The number of hydrogen-bond acceptors (Lipinski definition) is 4. The quantitative estimate of drug-likeness (QED) is 0.571. The molecule has 0 spiro atoms. The Morgan fingerprint density at radius 2 is 1.94 bits per heavy atom. The van der Waals surface area contributed by atoms with Gasteiger partial charge in [0.25, 0.3) is 0 Å². The van der Waals surface area contributed by atoms with Crippen LogP contribution in [0.25, 0.3) is 0 Å². The number of rotatable bonds is 3. The fourth-order valence-electron chi connectivity index (χ4n) is 1.51. The molecular weight excluding hydrogens is 234 g/mol. The van der Waals surface area contributed by atoms with Gasteiger partial charge in [-0.15, -0.1) is 0 Å². The minimum Gasteiger partial charge on any atom is -0.463 e. The van der Waals surface area contributed by atoms with Gasteiger partial charge in [0.05, 0.1) is 6.61 Å². The van der Waals surface area contributed by atoms with Crippen molar-refractivity contribution in [3.05, 3.63) is 12.2 Å². The second-order valence-electron chi connectivity index (χ2n) is 5.26. The van der Waals surface area contributed by atoms with Crippen LogP contribution in [0.15, 0.2) is 12.2 Å². The van der Waals surface area contributed by atoms with Gasteiger partial charge in [0.15, 0.2) is 0 Å². The molecule has 1 fully saturated rings. The maximum atomic E-state index is 11.6. The van der Waals surface area contributed by atoms with Crippen LogP contribution in [0, 0.1) is 5.92 Å². The Hall–Kier alpha value is -1.52. The summed E-state index contributed by atoms with van der Waals surface area (Å²) in [5.74, 6) is -0.129. The van der Waals surface area contributed by atoms with Crippen molar-refractivity contribution in [2.75, 3.05) is 19.7 Å². The normalized spacial score (nSPS) is 16.6. The highest BCUT2D eigenvalue weighted by atomic mass is 16.6. The summed E-state index contributed by atoms with van der Waals surface area (Å²) in [6, 6.07) is 0. The monoisotopic (exact) mass is 255 g/mol. The summed E-state index contributed by atoms with van der Waals surface area (Å²) >= 11 is 0. The van der Waals surface area contributed by atoms with Gasteiger partial charge in [0.2, 0.25) is 0 Å². The predicted octanol–water partition coefficient (Wildman–Crippen LogP) is 1.97. The van der Waals surface area contributed by atoms with E-state index < -0.39 is 5.60 Å². The Morgan fingerprint density at radius 1 is 1.33 bits per heavy atom. The molecule has 0 unspecified atom stereocenters. The van der Waals surface area contributed by atoms with Crippen LogP contribution < -0.4 is 0 Å². The molecule has 0 aromatic rings. The average molecular weight is 255 g/mol. The van der Waals surface area contributed by atoms with Crippen molar-refractivity contribution >= 4 is 12.1 Å². The summed E-state index contributed by atoms with van der Waals surface area (Å²) in [5, 5.41) is 0. The van der Waals surface area contributed by atoms with Crippen LogP contribution in [-0.4, -0.2) is 42.3 Å². The third kappa shape index (κ3) is 4.77. The Balaban J connectivity index is 2.28. The van der Waals surface area contributed by atoms with E-state index >= 15 is 0 Å². The van der Waals surface area contributed by atoms with Crippen molar-refractivity contribution in [2.45, 2.75) is 33.3 Å². The van der Waals surface area contributed by atoms with Crippen LogP contribution in [0.5, 0.6) is 0 Å². The van der Waals surface area contributed by atoms with Gasteiger partial charge < -0.3 is 14.4 Å². The van der Waals surface area contributed by atoms with E-state index in [2.05, 4.69) is 0 Å². The van der Waals surface area contributed by atoms with Gasteiger partial charge in [-0.1, -0.05) is 6.08 Å². The number of likely N-dealkylation sites (tertiary alicyclic amines) is 1. The third-order valence-electron chi connectivity index (χ3n) is 2.35. The lowest BCUT2D eigenvalue weighted by molar-refractivity contribution is -0.137. The molecule has 0 atom stereocenters. The molecule has 1 aliphatic rings. The van der Waals surface area contributed by atoms with Crippen LogP contribution in [0.1, 0.15) is 27.7 Å². The average Bonchev–Trinajstić information content (AvgIpc) is 2.12. The first-order chi connectivity index (χ1) is 8.31. The molecule has 1 saturated heterocycles. The van der Waals surface area contributed by atoms with E-state index in [9.17, 15) is 9.59 Å². The number of esters is 1. The van der Waals surface area contributed by atoms with Crippen LogP contribution in [-0.2, 0) is 14.3 Å². The first kappa shape index (κ1) is 14.5. The molecule has 1 heterocycles. The molecule has 5 nitrogen and oxygen atoms in total. The SMILES string of the molecule is CCOC(=O)C=CC1CN(C(=O)OC(C)(C)C)C1. The molecule has 5 heteroatoms. The number of carbonyl (C=O) groups excluding carboxylic acids is 2. The number of hydrogen-bond donors (Lipinski definition) is 0. The van der Waals surface area contributed by atoms with Gasteiger partial charge in [-0.3, -0.25) is 0 Å². The smallest absolute Gasteiger partial charge is 0.410 e. The van der Waals surface area contributed by atoms with Gasteiger partial charge in [-0.05, 0) is 27.7 Å². The van der Waals surface area contributed by atoms with Crippen molar-refractivity contribution in [3.63, 3.8) is 0 Å². The topological polar surface area (TPSA) is 55.8 Å². The van der Waals surface area contributed by atoms with Gasteiger partial charge in [0.1, 0.15) is 5.60 Å². The Bertz CT molecular complexity index is 337. The molecule has 0 aromatic heterocycles. The Morgan fingerprint density at radius 3 is 2.44 bits per heavy atom. The summed E-state index contributed by atoms with van der Waals surface area (Å²) < 4.78 is 10.00. The van der Waals surface area contributed by atoms with Crippen LogP contribution in [0.3, 0.4) is 0 Å². The Kier molecular flexibility index (Phi) is 4.76. The van der Waals surface area contributed by atoms with Gasteiger partial charge >= 0.3 is 12.1 Å². The van der Waals surface area contributed by atoms with Gasteiger partial charge in [0, 0.05) is 25.1 Å². The molecule has 1 rings (SSSR count). The summed E-state index contributed by atoms with van der Waals surface area (Å²) in [6.45, 7) is 8.82. The third-order valence-corrected chi connectivity index (χ3v) is 2.35. The van der Waals surface area contributed by atoms with E-state index in [1.165, 1.54) is 6.08 Å². The highest BCUT2D eigenvalue weighted by Gasteiger charge is 2.32. The highest BCUT2D eigenvalue weighted by Crippen LogP contribution is 2.20. The lowest BCUT2D eigenvalue weighted by Crippen LogP contribution is -2.50. The van der Waals surface area contributed by atoms with E-state index in [1.54, 1.807) is 17.9 Å². The van der Waals surface area contributed by atoms with Crippen LogP contribution in [0.2, 0.25) is 0 Å². The molecule has 0 radical (unpaired) electrons. The van der Waals surface area contributed by atoms with Crippen molar-refractivity contribution in [2.24, 2.45) is 5.92 Å². The molecule has 0 bridgehead atoms.